The number of rotatable bonds is 3. The Labute approximate surface area is 169 Å². The van der Waals surface area contributed by atoms with Crippen LogP contribution in [0, 0.1) is 0 Å². The van der Waals surface area contributed by atoms with E-state index in [4.69, 9.17) is 0 Å². The molecular weight excluding hydrogens is 523 g/mol. The molecule has 0 aliphatic carbocycles. The van der Waals surface area contributed by atoms with E-state index in [1.807, 2.05) is 24.3 Å². The van der Waals surface area contributed by atoms with Crippen LogP contribution in [0.25, 0.3) is 33.9 Å². The summed E-state index contributed by atoms with van der Waals surface area (Å²) in [6, 6.07) is 14.0. The van der Waals surface area contributed by atoms with E-state index < -0.39 is 0 Å². The molecule has 2 N–H and O–H groups in total. The van der Waals surface area contributed by atoms with Gasteiger partial charge in [-0.15, -0.1) is 0 Å². The second-order valence-electron chi connectivity index (χ2n) is 5.60. The predicted octanol–water partition coefficient (Wildman–Crippen LogP) is 3.68. The van der Waals surface area contributed by atoms with Gasteiger partial charge in [0, 0.05) is 45.9 Å². The molecule has 0 amide bonds. The Kier molecular flexibility index (Phi) is 5.57. The molecule has 0 radical (unpaired) electrons. The van der Waals surface area contributed by atoms with Gasteiger partial charge in [0.05, 0.1) is 33.9 Å². The summed E-state index contributed by atoms with van der Waals surface area (Å²) < 4.78 is 0. The number of pyridine rings is 4. The summed E-state index contributed by atoms with van der Waals surface area (Å²) in [5.74, 6) is 0.235. The first-order valence-corrected chi connectivity index (χ1v) is 7.93. The van der Waals surface area contributed by atoms with Crippen LogP contribution in [-0.2, 0) is 21.1 Å². The molecule has 4 rings (SSSR count). The van der Waals surface area contributed by atoms with Crippen molar-refractivity contribution < 1.29 is 31.3 Å². The maximum Gasteiger partial charge on any atom is 0.128 e. The zero-order chi connectivity index (χ0) is 17.9. The van der Waals surface area contributed by atoms with Gasteiger partial charge in [-0.05, 0) is 36.4 Å². The molecule has 4 aromatic rings. The molecule has 4 aromatic heterocycles. The van der Waals surface area contributed by atoms with E-state index in [1.165, 1.54) is 24.5 Å². The van der Waals surface area contributed by atoms with Gasteiger partial charge in [0.25, 0.3) is 0 Å². The maximum absolute atomic E-state index is 10.0. The first-order valence-electron chi connectivity index (χ1n) is 7.93. The third-order valence-corrected chi connectivity index (χ3v) is 3.91. The Balaban J connectivity index is 0.00000210. The number of nitrogens with zero attached hydrogens (tertiary/aromatic N) is 4. The first kappa shape index (κ1) is 18.7. The van der Waals surface area contributed by atoms with Crippen molar-refractivity contribution in [2.75, 3.05) is 0 Å². The predicted molar refractivity (Wildman–Crippen MR) is 97.3 cm³/mol. The van der Waals surface area contributed by atoms with Gasteiger partial charge >= 0.3 is 0 Å². The fourth-order valence-electron chi connectivity index (χ4n) is 2.62. The average Bonchev–Trinajstić information content (AvgIpc) is 2.69. The van der Waals surface area contributed by atoms with Crippen LogP contribution in [0.1, 0.15) is 0 Å². The Hall–Kier alpha value is -3.11. The third-order valence-electron chi connectivity index (χ3n) is 3.91. The van der Waals surface area contributed by atoms with Crippen molar-refractivity contribution in [3.05, 3.63) is 73.3 Å². The Morgan fingerprint density at radius 1 is 0.556 bits per heavy atom. The van der Waals surface area contributed by atoms with Crippen molar-refractivity contribution in [3.63, 3.8) is 0 Å². The largest absolute Gasteiger partial charge is 0.507 e. The van der Waals surface area contributed by atoms with Gasteiger partial charge in [0.2, 0.25) is 0 Å². The van der Waals surface area contributed by atoms with E-state index in [-0.39, 0.29) is 32.6 Å². The molecule has 7 heteroatoms. The van der Waals surface area contributed by atoms with E-state index in [2.05, 4.69) is 19.9 Å². The molecule has 0 saturated heterocycles. The summed E-state index contributed by atoms with van der Waals surface area (Å²) in [5, 5.41) is 20.0. The number of aromatic nitrogens is 4. The molecule has 0 unspecified atom stereocenters. The minimum Gasteiger partial charge on any atom is -0.507 e. The molecule has 0 fully saturated rings. The zero-order valence-electron chi connectivity index (χ0n) is 13.9. The van der Waals surface area contributed by atoms with E-state index >= 15 is 0 Å². The fourth-order valence-corrected chi connectivity index (χ4v) is 2.62. The van der Waals surface area contributed by atoms with Gasteiger partial charge in [-0.2, -0.15) is 0 Å². The first-order chi connectivity index (χ1) is 12.7. The standard InChI is InChI=1S/C20H14N4O2.Pt/c25-19-7-9-21-11-13(19)15-3-1-5-17(23-15)18-6-2-4-16(24-18)14-12-22-10-8-20(14)26;/h1-12H,(H,21,25)(H,22,26);. The summed E-state index contributed by atoms with van der Waals surface area (Å²) in [7, 11) is 0. The SMILES string of the molecule is Oc1ccncc1-c1cccc(-c2cccc(-c3cnccc3O)n2)n1.[Pt]. The quantitative estimate of drug-likeness (QED) is 0.415. The van der Waals surface area contributed by atoms with Crippen LogP contribution >= 0.6 is 0 Å². The summed E-state index contributed by atoms with van der Waals surface area (Å²) in [5.41, 5.74) is 3.60. The van der Waals surface area contributed by atoms with Gasteiger partial charge in [-0.25, -0.2) is 9.97 Å². The van der Waals surface area contributed by atoms with Crippen molar-refractivity contribution in [3.8, 4) is 45.4 Å². The smallest absolute Gasteiger partial charge is 0.128 e. The molecule has 0 aliphatic rings. The van der Waals surface area contributed by atoms with Gasteiger partial charge in [-0.1, -0.05) is 12.1 Å². The van der Waals surface area contributed by atoms with Gasteiger partial charge in [-0.3, -0.25) is 9.97 Å². The number of aromatic hydroxyl groups is 2. The van der Waals surface area contributed by atoms with Crippen LogP contribution in [0.15, 0.2) is 73.3 Å². The van der Waals surface area contributed by atoms with Gasteiger partial charge in [0.15, 0.2) is 0 Å². The molecule has 27 heavy (non-hydrogen) atoms. The molecule has 0 saturated carbocycles. The number of hydrogen-bond donors (Lipinski definition) is 2. The van der Waals surface area contributed by atoms with Crippen LogP contribution in [0.3, 0.4) is 0 Å². The number of hydrogen-bond acceptors (Lipinski definition) is 6. The van der Waals surface area contributed by atoms with Crippen LogP contribution < -0.4 is 0 Å². The minimum atomic E-state index is 0. The molecule has 136 valence electrons. The van der Waals surface area contributed by atoms with Crippen LogP contribution in [-0.4, -0.2) is 30.1 Å². The zero-order valence-corrected chi connectivity index (χ0v) is 16.2. The van der Waals surface area contributed by atoms with E-state index in [9.17, 15) is 10.2 Å². The van der Waals surface area contributed by atoms with Crippen molar-refractivity contribution >= 4 is 0 Å². The maximum atomic E-state index is 10.0. The summed E-state index contributed by atoms with van der Waals surface area (Å²) >= 11 is 0. The second-order valence-corrected chi connectivity index (χ2v) is 5.60. The second kappa shape index (κ2) is 8.06. The normalized spacial score (nSPS) is 10.2. The van der Waals surface area contributed by atoms with E-state index in [1.54, 1.807) is 24.5 Å². The molecule has 0 aliphatic heterocycles. The Morgan fingerprint density at radius 3 is 1.37 bits per heavy atom. The molecule has 4 heterocycles. The van der Waals surface area contributed by atoms with Crippen molar-refractivity contribution in [1.29, 1.82) is 0 Å². The van der Waals surface area contributed by atoms with Crippen molar-refractivity contribution in [1.82, 2.24) is 19.9 Å². The fraction of sp³-hybridized carbons (Fsp3) is 0. The molecule has 0 bridgehead atoms. The third kappa shape index (κ3) is 3.86. The van der Waals surface area contributed by atoms with Crippen molar-refractivity contribution in [2.24, 2.45) is 0 Å². The van der Waals surface area contributed by atoms with Gasteiger partial charge in [0.1, 0.15) is 11.5 Å². The summed E-state index contributed by atoms with van der Waals surface area (Å²) in [6.07, 6.45) is 6.18. The van der Waals surface area contributed by atoms with Crippen LogP contribution in [0.5, 0.6) is 11.5 Å². The van der Waals surface area contributed by atoms with Crippen molar-refractivity contribution in [2.45, 2.75) is 0 Å². The Bertz CT molecular complexity index is 1000. The van der Waals surface area contributed by atoms with E-state index in [0.29, 0.717) is 33.9 Å². The summed E-state index contributed by atoms with van der Waals surface area (Å²) in [6.45, 7) is 0. The average molecular weight is 537 g/mol. The Morgan fingerprint density at radius 2 is 0.963 bits per heavy atom. The minimum absolute atomic E-state index is 0. The van der Waals surface area contributed by atoms with E-state index in [0.717, 1.165) is 0 Å². The summed E-state index contributed by atoms with van der Waals surface area (Å²) in [4.78, 5) is 17.3. The molecular formula is C20H14N4O2Pt. The van der Waals surface area contributed by atoms with Gasteiger partial charge < -0.3 is 10.2 Å². The molecule has 0 spiro atoms. The van der Waals surface area contributed by atoms with Crippen LogP contribution in [0.2, 0.25) is 0 Å². The molecule has 0 aromatic carbocycles. The monoisotopic (exact) mass is 537 g/mol. The molecule has 0 atom stereocenters. The van der Waals surface area contributed by atoms with Crippen LogP contribution in [0.4, 0.5) is 0 Å². The topological polar surface area (TPSA) is 92.0 Å². The molecule has 6 nitrogen and oxygen atoms in total.